The summed E-state index contributed by atoms with van der Waals surface area (Å²) in [5.74, 6) is 0. The van der Waals surface area contributed by atoms with Crippen LogP contribution in [0, 0.1) is 6.92 Å². The molecule has 0 saturated heterocycles. The molecule has 5 rings (SSSR count). The van der Waals surface area contributed by atoms with Gasteiger partial charge in [0.1, 0.15) is 0 Å². The standard InChI is InChI=1S/C25H18/c1-17-11-13-22-20-9-5-6-10-21(20)25-16-19(18-7-3-2-4-8-18)12-14-23(25)24(22)15-17/h2-16H,1H3. The minimum Gasteiger partial charge on any atom is -0.0622 e. The van der Waals surface area contributed by atoms with Gasteiger partial charge in [-0.2, -0.15) is 0 Å². The van der Waals surface area contributed by atoms with Gasteiger partial charge in [0, 0.05) is 0 Å². The van der Waals surface area contributed by atoms with Crippen molar-refractivity contribution in [3.05, 3.63) is 96.6 Å². The maximum absolute atomic E-state index is 2.34. The summed E-state index contributed by atoms with van der Waals surface area (Å²) in [4.78, 5) is 0. The fourth-order valence-corrected chi connectivity index (χ4v) is 3.88. The van der Waals surface area contributed by atoms with Gasteiger partial charge in [-0.15, -0.1) is 0 Å². The van der Waals surface area contributed by atoms with Crippen LogP contribution in [0.3, 0.4) is 0 Å². The molecule has 0 aliphatic rings. The molecule has 0 atom stereocenters. The van der Waals surface area contributed by atoms with E-state index in [2.05, 4.69) is 97.9 Å². The highest BCUT2D eigenvalue weighted by atomic mass is 14.1. The highest BCUT2D eigenvalue weighted by molar-refractivity contribution is 6.25. The first-order valence-corrected chi connectivity index (χ1v) is 8.71. The molecule has 25 heavy (non-hydrogen) atoms. The molecule has 0 nitrogen and oxygen atoms in total. The molecule has 0 amide bonds. The van der Waals surface area contributed by atoms with Gasteiger partial charge < -0.3 is 0 Å². The molecule has 0 saturated carbocycles. The van der Waals surface area contributed by atoms with Gasteiger partial charge in [-0.3, -0.25) is 0 Å². The second-order valence-corrected chi connectivity index (χ2v) is 6.72. The normalized spacial score (nSPS) is 11.4. The van der Waals surface area contributed by atoms with Gasteiger partial charge in [0.25, 0.3) is 0 Å². The molecule has 0 aliphatic carbocycles. The maximum Gasteiger partial charge on any atom is -0.00928 e. The molecule has 0 unspecified atom stereocenters. The van der Waals surface area contributed by atoms with E-state index in [1.807, 2.05) is 0 Å². The van der Waals surface area contributed by atoms with Gasteiger partial charge >= 0.3 is 0 Å². The number of aryl methyl sites for hydroxylation is 1. The molecule has 118 valence electrons. The Bertz CT molecular complexity index is 1230. The van der Waals surface area contributed by atoms with Crippen LogP contribution in [0.4, 0.5) is 0 Å². The summed E-state index contributed by atoms with van der Waals surface area (Å²) in [6.45, 7) is 2.17. The van der Waals surface area contributed by atoms with Crippen molar-refractivity contribution < 1.29 is 0 Å². The molecule has 0 heteroatoms. The first-order chi connectivity index (χ1) is 12.3. The number of benzene rings is 5. The van der Waals surface area contributed by atoms with E-state index in [1.165, 1.54) is 49.0 Å². The molecule has 0 heterocycles. The summed E-state index contributed by atoms with van der Waals surface area (Å²) < 4.78 is 0. The highest BCUT2D eigenvalue weighted by Crippen LogP contribution is 2.37. The number of rotatable bonds is 1. The molecular formula is C25H18. The van der Waals surface area contributed by atoms with Gasteiger partial charge in [0.05, 0.1) is 0 Å². The van der Waals surface area contributed by atoms with Crippen molar-refractivity contribution in [2.45, 2.75) is 6.92 Å². The third-order valence-corrected chi connectivity index (χ3v) is 5.10. The minimum atomic E-state index is 1.26. The second-order valence-electron chi connectivity index (χ2n) is 6.72. The Hall–Kier alpha value is -3.12. The highest BCUT2D eigenvalue weighted by Gasteiger charge is 2.09. The zero-order chi connectivity index (χ0) is 16.8. The van der Waals surface area contributed by atoms with Crippen LogP contribution in [-0.2, 0) is 0 Å². The van der Waals surface area contributed by atoms with Crippen molar-refractivity contribution in [2.24, 2.45) is 0 Å². The Labute approximate surface area is 147 Å². The van der Waals surface area contributed by atoms with Crippen molar-refractivity contribution in [2.75, 3.05) is 0 Å². The molecule has 0 fully saturated rings. The second kappa shape index (κ2) is 5.46. The van der Waals surface area contributed by atoms with Crippen LogP contribution >= 0.6 is 0 Å². The van der Waals surface area contributed by atoms with Crippen LogP contribution in [0.2, 0.25) is 0 Å². The van der Waals surface area contributed by atoms with Crippen LogP contribution in [0.5, 0.6) is 0 Å². The van der Waals surface area contributed by atoms with E-state index in [0.29, 0.717) is 0 Å². The van der Waals surface area contributed by atoms with Gasteiger partial charge in [-0.1, -0.05) is 90.5 Å². The summed E-state index contributed by atoms with van der Waals surface area (Å²) >= 11 is 0. The molecule has 0 radical (unpaired) electrons. The zero-order valence-electron chi connectivity index (χ0n) is 14.2. The zero-order valence-corrected chi connectivity index (χ0v) is 14.2. The minimum absolute atomic E-state index is 1.26. The lowest BCUT2D eigenvalue weighted by atomic mass is 9.91. The van der Waals surface area contributed by atoms with Crippen molar-refractivity contribution in [3.63, 3.8) is 0 Å². The van der Waals surface area contributed by atoms with Crippen LogP contribution in [-0.4, -0.2) is 0 Å². The van der Waals surface area contributed by atoms with E-state index in [1.54, 1.807) is 0 Å². The predicted molar refractivity (Wildman–Crippen MR) is 109 cm³/mol. The van der Waals surface area contributed by atoms with Crippen LogP contribution in [0.1, 0.15) is 5.56 Å². The molecular weight excluding hydrogens is 300 g/mol. The summed E-state index contributed by atoms with van der Waals surface area (Å²) in [7, 11) is 0. The predicted octanol–water partition coefficient (Wildman–Crippen LogP) is 7.12. The van der Waals surface area contributed by atoms with E-state index >= 15 is 0 Å². The molecule has 0 N–H and O–H groups in total. The maximum atomic E-state index is 2.34. The van der Waals surface area contributed by atoms with Gasteiger partial charge in [-0.05, 0) is 56.4 Å². The summed E-state index contributed by atoms with van der Waals surface area (Å²) in [6.07, 6.45) is 0. The number of fused-ring (bicyclic) bond motifs is 6. The van der Waals surface area contributed by atoms with E-state index in [9.17, 15) is 0 Å². The third kappa shape index (κ3) is 2.22. The van der Waals surface area contributed by atoms with E-state index < -0.39 is 0 Å². The van der Waals surface area contributed by atoms with Crippen molar-refractivity contribution in [1.29, 1.82) is 0 Å². The molecule has 5 aromatic carbocycles. The van der Waals surface area contributed by atoms with Crippen LogP contribution < -0.4 is 0 Å². The lowest BCUT2D eigenvalue weighted by molar-refractivity contribution is 1.51. The molecule has 0 spiro atoms. The number of hydrogen-bond acceptors (Lipinski definition) is 0. The summed E-state index contributed by atoms with van der Waals surface area (Å²) in [6, 6.07) is 33.0. The lowest BCUT2D eigenvalue weighted by Crippen LogP contribution is -1.85. The van der Waals surface area contributed by atoms with Crippen molar-refractivity contribution >= 4 is 32.3 Å². The molecule has 0 aromatic heterocycles. The quantitative estimate of drug-likeness (QED) is 0.289. The average Bonchev–Trinajstić information content (AvgIpc) is 2.68. The Kier molecular flexibility index (Phi) is 3.11. The Balaban J connectivity index is 1.97. The van der Waals surface area contributed by atoms with Crippen molar-refractivity contribution in [1.82, 2.24) is 0 Å². The Morgan fingerprint density at radius 2 is 0.960 bits per heavy atom. The Morgan fingerprint density at radius 3 is 1.76 bits per heavy atom. The van der Waals surface area contributed by atoms with Gasteiger partial charge in [-0.25, -0.2) is 0 Å². The molecule has 0 bridgehead atoms. The van der Waals surface area contributed by atoms with Crippen LogP contribution in [0.15, 0.2) is 91.0 Å². The van der Waals surface area contributed by atoms with E-state index in [-0.39, 0.29) is 0 Å². The van der Waals surface area contributed by atoms with E-state index in [4.69, 9.17) is 0 Å². The van der Waals surface area contributed by atoms with E-state index in [0.717, 1.165) is 0 Å². The molecule has 5 aromatic rings. The van der Waals surface area contributed by atoms with Gasteiger partial charge in [0.2, 0.25) is 0 Å². The first kappa shape index (κ1) is 14.2. The van der Waals surface area contributed by atoms with Gasteiger partial charge in [0.15, 0.2) is 0 Å². The largest absolute Gasteiger partial charge is 0.0622 e. The summed E-state index contributed by atoms with van der Waals surface area (Å²) in [5, 5.41) is 7.99. The van der Waals surface area contributed by atoms with Crippen LogP contribution in [0.25, 0.3) is 43.4 Å². The molecule has 0 aliphatic heterocycles. The lowest BCUT2D eigenvalue weighted by Gasteiger charge is -2.12. The fourth-order valence-electron chi connectivity index (χ4n) is 3.88. The Morgan fingerprint density at radius 1 is 0.400 bits per heavy atom. The fraction of sp³-hybridized carbons (Fsp3) is 0.0400. The average molecular weight is 318 g/mol. The number of hydrogen-bond donors (Lipinski definition) is 0. The first-order valence-electron chi connectivity index (χ1n) is 8.71. The third-order valence-electron chi connectivity index (χ3n) is 5.10. The topological polar surface area (TPSA) is 0 Å². The smallest absolute Gasteiger partial charge is 0.00928 e. The SMILES string of the molecule is Cc1ccc2c3ccccc3c3cc(-c4ccccc4)ccc3c2c1. The van der Waals surface area contributed by atoms with Crippen molar-refractivity contribution in [3.8, 4) is 11.1 Å². The summed E-state index contributed by atoms with van der Waals surface area (Å²) in [5.41, 5.74) is 3.83. The monoisotopic (exact) mass is 318 g/mol.